The summed E-state index contributed by atoms with van der Waals surface area (Å²) in [5.74, 6) is -0.00125. The van der Waals surface area contributed by atoms with E-state index in [1.807, 2.05) is 31.2 Å². The molecule has 1 amide bonds. The second kappa shape index (κ2) is 9.22. The summed E-state index contributed by atoms with van der Waals surface area (Å²) >= 11 is 0. The summed E-state index contributed by atoms with van der Waals surface area (Å²) in [7, 11) is 1.32. The van der Waals surface area contributed by atoms with E-state index < -0.39 is 5.97 Å². The monoisotopic (exact) mass is 351 g/mol. The van der Waals surface area contributed by atoms with Gasteiger partial charge >= 0.3 is 5.97 Å². The van der Waals surface area contributed by atoms with Crippen molar-refractivity contribution in [3.63, 3.8) is 0 Å². The van der Waals surface area contributed by atoms with Crippen molar-refractivity contribution in [3.8, 4) is 5.75 Å². The minimum absolute atomic E-state index is 0.290. The molecular weight excluding hydrogens is 330 g/mol. The van der Waals surface area contributed by atoms with Crippen LogP contribution in [-0.4, -0.2) is 25.6 Å². The molecule has 0 atom stereocenters. The average molecular weight is 351 g/mol. The summed E-state index contributed by atoms with van der Waals surface area (Å²) in [6, 6.07) is 12.4. The van der Waals surface area contributed by atoms with Crippen molar-refractivity contribution in [1.29, 1.82) is 0 Å². The van der Waals surface area contributed by atoms with E-state index in [-0.39, 0.29) is 5.91 Å². The molecule has 0 aliphatic carbocycles. The number of hydrogen-bond acceptors (Lipinski definition) is 4. The largest absolute Gasteiger partial charge is 0.490 e. The Morgan fingerprint density at radius 1 is 1.15 bits per heavy atom. The minimum Gasteiger partial charge on any atom is -0.490 e. The fourth-order valence-electron chi connectivity index (χ4n) is 2.18. The number of methoxy groups -OCH3 is 1. The van der Waals surface area contributed by atoms with Crippen molar-refractivity contribution >= 4 is 23.6 Å². The number of ether oxygens (including phenoxy) is 2. The maximum absolute atomic E-state index is 12.1. The SMILES string of the molecule is C=CCOc1ccc(/C=C/C(=O)Nc2cc(C(=O)OC)ccc2C)cc1. The highest BCUT2D eigenvalue weighted by atomic mass is 16.5. The van der Waals surface area contributed by atoms with E-state index in [1.165, 1.54) is 13.2 Å². The predicted octanol–water partition coefficient (Wildman–Crippen LogP) is 4.00. The molecule has 5 nitrogen and oxygen atoms in total. The van der Waals surface area contributed by atoms with Crippen LogP contribution in [0.15, 0.2) is 61.2 Å². The Kier molecular flexibility index (Phi) is 6.74. The van der Waals surface area contributed by atoms with Crippen molar-refractivity contribution in [2.24, 2.45) is 0 Å². The highest BCUT2D eigenvalue weighted by Crippen LogP contribution is 2.18. The van der Waals surface area contributed by atoms with Crippen LogP contribution in [0.4, 0.5) is 5.69 Å². The molecule has 2 aromatic carbocycles. The Morgan fingerprint density at radius 3 is 2.54 bits per heavy atom. The number of rotatable bonds is 7. The summed E-state index contributed by atoms with van der Waals surface area (Å²) in [4.78, 5) is 23.7. The Morgan fingerprint density at radius 2 is 1.88 bits per heavy atom. The van der Waals surface area contributed by atoms with E-state index in [4.69, 9.17) is 9.47 Å². The average Bonchev–Trinajstić information content (AvgIpc) is 2.66. The number of anilines is 1. The van der Waals surface area contributed by atoms with E-state index in [0.717, 1.165) is 16.9 Å². The molecule has 0 unspecified atom stereocenters. The van der Waals surface area contributed by atoms with Gasteiger partial charge in [0, 0.05) is 11.8 Å². The molecule has 0 heterocycles. The number of hydrogen-bond donors (Lipinski definition) is 1. The van der Waals surface area contributed by atoms with Crippen LogP contribution < -0.4 is 10.1 Å². The number of nitrogens with one attached hydrogen (secondary N) is 1. The van der Waals surface area contributed by atoms with Crippen LogP contribution in [0.5, 0.6) is 5.75 Å². The first kappa shape index (κ1) is 19.0. The second-order valence-corrected chi connectivity index (χ2v) is 5.51. The topological polar surface area (TPSA) is 64.6 Å². The molecule has 0 aliphatic rings. The zero-order valence-corrected chi connectivity index (χ0v) is 14.8. The van der Waals surface area contributed by atoms with E-state index in [0.29, 0.717) is 17.9 Å². The van der Waals surface area contributed by atoms with E-state index in [9.17, 15) is 9.59 Å². The van der Waals surface area contributed by atoms with Crippen LogP contribution in [0.2, 0.25) is 0 Å². The Balaban J connectivity index is 2.03. The highest BCUT2D eigenvalue weighted by molar-refractivity contribution is 6.03. The first-order chi connectivity index (χ1) is 12.5. The van der Waals surface area contributed by atoms with Crippen molar-refractivity contribution in [2.75, 3.05) is 19.0 Å². The molecule has 0 radical (unpaired) electrons. The number of benzene rings is 2. The van der Waals surface area contributed by atoms with Gasteiger partial charge in [-0.25, -0.2) is 4.79 Å². The van der Waals surface area contributed by atoms with E-state index in [1.54, 1.807) is 30.4 Å². The molecule has 2 rings (SSSR count). The zero-order valence-electron chi connectivity index (χ0n) is 14.8. The van der Waals surface area contributed by atoms with Crippen molar-refractivity contribution in [1.82, 2.24) is 0 Å². The maximum atomic E-state index is 12.1. The van der Waals surface area contributed by atoms with E-state index >= 15 is 0 Å². The molecule has 26 heavy (non-hydrogen) atoms. The lowest BCUT2D eigenvalue weighted by molar-refractivity contribution is -0.111. The summed E-state index contributed by atoms with van der Waals surface area (Å²) in [6.07, 6.45) is 4.81. The third kappa shape index (κ3) is 5.34. The Hall–Kier alpha value is -3.34. The fourth-order valence-corrected chi connectivity index (χ4v) is 2.18. The minimum atomic E-state index is -0.449. The van der Waals surface area contributed by atoms with Gasteiger partial charge in [-0.3, -0.25) is 4.79 Å². The summed E-state index contributed by atoms with van der Waals surface area (Å²) in [5, 5.41) is 2.77. The van der Waals surface area contributed by atoms with Gasteiger partial charge in [0.1, 0.15) is 12.4 Å². The number of aryl methyl sites for hydroxylation is 1. The quantitative estimate of drug-likeness (QED) is 0.465. The van der Waals surface area contributed by atoms with Gasteiger partial charge in [-0.15, -0.1) is 0 Å². The molecule has 2 aromatic rings. The summed E-state index contributed by atoms with van der Waals surface area (Å²) in [5.41, 5.74) is 2.66. The smallest absolute Gasteiger partial charge is 0.337 e. The number of carbonyl (C=O) groups is 2. The first-order valence-electron chi connectivity index (χ1n) is 8.05. The van der Waals surface area contributed by atoms with Gasteiger partial charge < -0.3 is 14.8 Å². The highest BCUT2D eigenvalue weighted by Gasteiger charge is 2.09. The van der Waals surface area contributed by atoms with Gasteiger partial charge in [0.05, 0.1) is 12.7 Å². The van der Waals surface area contributed by atoms with Crippen molar-refractivity contribution in [3.05, 3.63) is 77.9 Å². The van der Waals surface area contributed by atoms with Crippen LogP contribution in [0, 0.1) is 6.92 Å². The van der Waals surface area contributed by atoms with Gasteiger partial charge in [0.25, 0.3) is 0 Å². The fraction of sp³-hybridized carbons (Fsp3) is 0.143. The van der Waals surface area contributed by atoms with Crippen LogP contribution in [0.3, 0.4) is 0 Å². The molecule has 1 N–H and O–H groups in total. The number of carbonyl (C=O) groups excluding carboxylic acids is 2. The molecule has 0 fully saturated rings. The van der Waals surface area contributed by atoms with Crippen LogP contribution in [-0.2, 0) is 9.53 Å². The first-order valence-corrected chi connectivity index (χ1v) is 8.05. The van der Waals surface area contributed by atoms with Gasteiger partial charge in [0.2, 0.25) is 5.91 Å². The van der Waals surface area contributed by atoms with Crippen LogP contribution in [0.25, 0.3) is 6.08 Å². The third-order valence-corrected chi connectivity index (χ3v) is 3.59. The molecule has 134 valence electrons. The molecule has 0 aliphatic heterocycles. The standard InChI is InChI=1S/C21H21NO4/c1-4-13-26-18-10-6-16(7-11-18)8-12-20(23)22-19-14-17(21(24)25-3)9-5-15(19)2/h4-12,14H,1,13H2,2-3H3,(H,22,23)/b12-8+. The van der Waals surface area contributed by atoms with Crippen LogP contribution >= 0.6 is 0 Å². The number of esters is 1. The van der Waals surface area contributed by atoms with Crippen molar-refractivity contribution in [2.45, 2.75) is 6.92 Å². The second-order valence-electron chi connectivity index (χ2n) is 5.51. The normalized spacial score (nSPS) is 10.4. The third-order valence-electron chi connectivity index (χ3n) is 3.59. The maximum Gasteiger partial charge on any atom is 0.337 e. The molecule has 0 saturated heterocycles. The molecule has 0 spiro atoms. The Bertz CT molecular complexity index is 822. The van der Waals surface area contributed by atoms with Crippen LogP contribution in [0.1, 0.15) is 21.5 Å². The lowest BCUT2D eigenvalue weighted by Crippen LogP contribution is -2.10. The van der Waals surface area contributed by atoms with Gasteiger partial charge in [-0.05, 0) is 48.4 Å². The molecule has 0 aromatic heterocycles. The van der Waals surface area contributed by atoms with Gasteiger partial charge in [0.15, 0.2) is 0 Å². The Labute approximate surface area is 152 Å². The lowest BCUT2D eigenvalue weighted by Gasteiger charge is -2.08. The van der Waals surface area contributed by atoms with E-state index in [2.05, 4.69) is 11.9 Å². The molecular formula is C21H21NO4. The van der Waals surface area contributed by atoms with Gasteiger partial charge in [-0.1, -0.05) is 30.9 Å². The summed E-state index contributed by atoms with van der Waals surface area (Å²) < 4.78 is 10.1. The lowest BCUT2D eigenvalue weighted by atomic mass is 10.1. The molecule has 0 saturated carbocycles. The molecule has 0 bridgehead atoms. The number of amides is 1. The zero-order chi connectivity index (χ0) is 18.9. The molecule has 5 heteroatoms. The predicted molar refractivity (Wildman–Crippen MR) is 102 cm³/mol. The van der Waals surface area contributed by atoms with Crippen molar-refractivity contribution < 1.29 is 19.1 Å². The summed E-state index contributed by atoms with van der Waals surface area (Å²) in [6.45, 7) is 5.89. The van der Waals surface area contributed by atoms with Gasteiger partial charge in [-0.2, -0.15) is 0 Å².